The Morgan fingerprint density at radius 3 is 2.59 bits per heavy atom. The number of H-pyrrole nitrogens is 1. The Kier molecular flexibility index (Phi) is 5.68. The number of rotatable bonds is 6. The van der Waals surface area contributed by atoms with E-state index in [-0.39, 0.29) is 6.04 Å². The monoisotopic (exact) mass is 432 g/mol. The highest BCUT2D eigenvalue weighted by atomic mass is 16.5. The van der Waals surface area contributed by atoms with Gasteiger partial charge in [-0.3, -0.25) is 4.90 Å². The molecular weight excluding hydrogens is 400 g/mol. The number of likely N-dealkylation sites (tertiary alicyclic amines) is 1. The van der Waals surface area contributed by atoms with E-state index in [1.165, 1.54) is 53.3 Å². The number of aromatic nitrogens is 1. The summed E-state index contributed by atoms with van der Waals surface area (Å²) in [6.45, 7) is 3.98. The topological polar surface area (TPSA) is 65.6 Å². The van der Waals surface area contributed by atoms with E-state index < -0.39 is 5.97 Å². The molecule has 5 nitrogen and oxygen atoms in total. The summed E-state index contributed by atoms with van der Waals surface area (Å²) in [6, 6.07) is 12.1. The lowest BCUT2D eigenvalue weighted by atomic mass is 9.70. The molecule has 3 aromatic rings. The van der Waals surface area contributed by atoms with Crippen LogP contribution in [0.1, 0.15) is 65.2 Å². The number of carbonyl (C=O) groups is 1. The molecule has 2 fully saturated rings. The van der Waals surface area contributed by atoms with Crippen LogP contribution in [0.2, 0.25) is 0 Å². The number of methoxy groups -OCH3 is 1. The van der Waals surface area contributed by atoms with Crippen LogP contribution in [0.5, 0.6) is 5.75 Å². The van der Waals surface area contributed by atoms with E-state index in [4.69, 9.17) is 4.74 Å². The summed E-state index contributed by atoms with van der Waals surface area (Å²) in [6.07, 6.45) is 8.48. The van der Waals surface area contributed by atoms with Crippen LogP contribution < -0.4 is 4.74 Å². The smallest absolute Gasteiger partial charge is 0.335 e. The van der Waals surface area contributed by atoms with Gasteiger partial charge in [0.2, 0.25) is 0 Å². The molecule has 32 heavy (non-hydrogen) atoms. The maximum Gasteiger partial charge on any atom is 0.335 e. The molecule has 0 amide bonds. The molecule has 5 rings (SSSR count). The first-order valence-corrected chi connectivity index (χ1v) is 11.8. The van der Waals surface area contributed by atoms with Gasteiger partial charge in [-0.15, -0.1) is 0 Å². The molecule has 1 aliphatic heterocycles. The molecule has 0 spiro atoms. The first kappa shape index (κ1) is 21.1. The number of hydrogen-bond acceptors (Lipinski definition) is 3. The zero-order valence-corrected chi connectivity index (χ0v) is 18.9. The molecule has 0 unspecified atom stereocenters. The van der Waals surface area contributed by atoms with Crippen molar-refractivity contribution in [3.05, 3.63) is 64.8 Å². The summed E-state index contributed by atoms with van der Waals surface area (Å²) in [5, 5.41) is 10.5. The molecule has 0 bridgehead atoms. The zero-order valence-electron chi connectivity index (χ0n) is 18.9. The van der Waals surface area contributed by atoms with E-state index >= 15 is 0 Å². The van der Waals surface area contributed by atoms with Crippen molar-refractivity contribution in [2.75, 3.05) is 13.7 Å². The number of carboxylic acids is 1. The lowest BCUT2D eigenvalue weighted by Crippen LogP contribution is -2.39. The minimum atomic E-state index is -0.872. The summed E-state index contributed by atoms with van der Waals surface area (Å²) in [4.78, 5) is 17.3. The van der Waals surface area contributed by atoms with Crippen LogP contribution in [0.15, 0.2) is 42.6 Å². The van der Waals surface area contributed by atoms with Crippen molar-refractivity contribution in [2.24, 2.45) is 11.8 Å². The largest absolute Gasteiger partial charge is 0.496 e. The molecular formula is C27H32N2O3. The van der Waals surface area contributed by atoms with Crippen molar-refractivity contribution in [1.82, 2.24) is 9.88 Å². The van der Waals surface area contributed by atoms with E-state index in [1.54, 1.807) is 19.2 Å². The highest BCUT2D eigenvalue weighted by Crippen LogP contribution is 2.45. The van der Waals surface area contributed by atoms with Crippen LogP contribution in [-0.4, -0.2) is 34.6 Å². The Morgan fingerprint density at radius 2 is 1.94 bits per heavy atom. The normalized spacial score (nSPS) is 22.1. The van der Waals surface area contributed by atoms with Crippen molar-refractivity contribution in [2.45, 2.75) is 51.6 Å². The van der Waals surface area contributed by atoms with Crippen LogP contribution >= 0.6 is 0 Å². The van der Waals surface area contributed by atoms with Gasteiger partial charge in [-0.1, -0.05) is 31.4 Å². The quantitative estimate of drug-likeness (QED) is 0.506. The summed E-state index contributed by atoms with van der Waals surface area (Å²) in [5.74, 6) is 1.69. The minimum Gasteiger partial charge on any atom is -0.496 e. The van der Waals surface area contributed by atoms with Crippen molar-refractivity contribution in [3.8, 4) is 5.75 Å². The van der Waals surface area contributed by atoms with E-state index in [0.29, 0.717) is 5.56 Å². The lowest BCUT2D eigenvalue weighted by Gasteiger charge is -2.45. The number of aromatic carboxylic acids is 1. The zero-order chi connectivity index (χ0) is 22.2. The number of aromatic amines is 1. The molecule has 1 saturated heterocycles. The molecule has 0 radical (unpaired) electrons. The highest BCUT2D eigenvalue weighted by molar-refractivity contribution is 5.88. The van der Waals surface area contributed by atoms with Crippen LogP contribution in [0.4, 0.5) is 0 Å². The molecule has 2 aliphatic rings. The number of piperidine rings is 1. The third-order valence-corrected chi connectivity index (χ3v) is 7.81. The third-order valence-electron chi connectivity index (χ3n) is 7.81. The van der Waals surface area contributed by atoms with Gasteiger partial charge in [0.05, 0.1) is 12.7 Å². The van der Waals surface area contributed by atoms with Crippen LogP contribution in [0.3, 0.4) is 0 Å². The molecule has 1 aliphatic carbocycles. The number of nitrogens with zero attached hydrogens (tertiary/aromatic N) is 1. The number of ether oxygens (including phenoxy) is 1. The SMILES string of the molecule is COc1cc(C)c2[nH]ccc2c1CN1CC[C@@H](C2CCC2)C[C@H]1c1ccc(C(=O)O)cc1. The van der Waals surface area contributed by atoms with Crippen LogP contribution in [0.25, 0.3) is 10.9 Å². The number of carboxylic acid groups (broad SMARTS) is 1. The molecule has 2 heterocycles. The van der Waals surface area contributed by atoms with Crippen LogP contribution in [0, 0.1) is 18.8 Å². The molecule has 168 valence electrons. The van der Waals surface area contributed by atoms with E-state index in [2.05, 4.69) is 28.9 Å². The number of nitrogens with one attached hydrogen (secondary N) is 1. The summed E-state index contributed by atoms with van der Waals surface area (Å²) < 4.78 is 5.81. The fraction of sp³-hybridized carbons (Fsp3) is 0.444. The Morgan fingerprint density at radius 1 is 1.16 bits per heavy atom. The molecule has 1 aromatic heterocycles. The Bertz CT molecular complexity index is 1110. The number of benzene rings is 2. The average molecular weight is 433 g/mol. The van der Waals surface area contributed by atoms with Crippen molar-refractivity contribution in [3.63, 3.8) is 0 Å². The minimum absolute atomic E-state index is 0.289. The molecule has 2 atom stereocenters. The molecule has 2 N–H and O–H groups in total. The van der Waals surface area contributed by atoms with E-state index in [0.717, 1.165) is 37.1 Å². The Hall–Kier alpha value is -2.79. The van der Waals surface area contributed by atoms with Crippen molar-refractivity contribution < 1.29 is 14.6 Å². The highest BCUT2D eigenvalue weighted by Gasteiger charge is 2.36. The van der Waals surface area contributed by atoms with Gasteiger partial charge in [-0.2, -0.15) is 0 Å². The number of aryl methyl sites for hydroxylation is 1. The Balaban J connectivity index is 1.49. The summed E-state index contributed by atoms with van der Waals surface area (Å²) >= 11 is 0. The standard InChI is InChI=1S/C27H32N2O3/c1-17-14-25(32-2)23(22-10-12-28-26(17)22)16-29-13-11-21(18-4-3-5-18)15-24(29)19-6-8-20(9-7-19)27(30)31/h6-10,12,14,18,21,24,28H,3-5,11,13,15-16H2,1-2H3,(H,30,31)/t21-,24+/m1/s1. The maximum absolute atomic E-state index is 11.4. The van der Waals surface area contributed by atoms with E-state index in [1.807, 2.05) is 18.3 Å². The van der Waals surface area contributed by atoms with Crippen molar-refractivity contribution >= 4 is 16.9 Å². The Labute approximate surface area is 189 Å². The first-order chi connectivity index (χ1) is 15.5. The average Bonchev–Trinajstić information content (AvgIpc) is 3.26. The molecule has 5 heteroatoms. The second-order valence-electron chi connectivity index (χ2n) is 9.53. The second kappa shape index (κ2) is 8.62. The number of fused-ring (bicyclic) bond motifs is 1. The lowest BCUT2D eigenvalue weighted by molar-refractivity contribution is 0.0555. The van der Waals surface area contributed by atoms with Gasteiger partial charge in [0.25, 0.3) is 0 Å². The summed E-state index contributed by atoms with van der Waals surface area (Å²) in [5.41, 5.74) is 5.16. The molecule has 2 aromatic carbocycles. The van der Waals surface area contributed by atoms with Gasteiger partial charge in [-0.25, -0.2) is 4.79 Å². The fourth-order valence-corrected chi connectivity index (χ4v) is 5.75. The van der Waals surface area contributed by atoms with Gasteiger partial charge in [0.15, 0.2) is 0 Å². The van der Waals surface area contributed by atoms with Crippen molar-refractivity contribution in [1.29, 1.82) is 0 Å². The van der Waals surface area contributed by atoms with Gasteiger partial charge in [-0.05, 0) is 73.5 Å². The molecule has 1 saturated carbocycles. The summed E-state index contributed by atoms with van der Waals surface area (Å²) in [7, 11) is 1.75. The predicted molar refractivity (Wildman–Crippen MR) is 126 cm³/mol. The van der Waals surface area contributed by atoms with Gasteiger partial charge in [0.1, 0.15) is 5.75 Å². The van der Waals surface area contributed by atoms with Gasteiger partial charge >= 0.3 is 5.97 Å². The maximum atomic E-state index is 11.4. The predicted octanol–water partition coefficient (Wildman–Crippen LogP) is 5.94. The number of hydrogen-bond donors (Lipinski definition) is 2. The first-order valence-electron chi connectivity index (χ1n) is 11.8. The second-order valence-corrected chi connectivity index (χ2v) is 9.53. The van der Waals surface area contributed by atoms with Gasteiger partial charge in [0, 0.05) is 35.2 Å². The van der Waals surface area contributed by atoms with Gasteiger partial charge < -0.3 is 14.8 Å². The van der Waals surface area contributed by atoms with Crippen LogP contribution in [-0.2, 0) is 6.54 Å². The third kappa shape index (κ3) is 3.79. The fourth-order valence-electron chi connectivity index (χ4n) is 5.75. The van der Waals surface area contributed by atoms with E-state index in [9.17, 15) is 9.90 Å².